The van der Waals surface area contributed by atoms with Crippen LogP contribution in [0.5, 0.6) is 0 Å². The summed E-state index contributed by atoms with van der Waals surface area (Å²) >= 11 is 0. The summed E-state index contributed by atoms with van der Waals surface area (Å²) < 4.78 is 11.5. The Bertz CT molecular complexity index is 729. The third kappa shape index (κ3) is 3.85. The molecule has 0 unspecified atom stereocenters. The number of carbonyl (C=O) groups is 2. The number of ether oxygens (including phenoxy) is 2. The minimum atomic E-state index is -0.446. The lowest BCUT2D eigenvalue weighted by Crippen LogP contribution is -2.10. The lowest BCUT2D eigenvalue weighted by atomic mass is 10.1. The van der Waals surface area contributed by atoms with Gasteiger partial charge in [-0.05, 0) is 30.7 Å². The number of carbonyl (C=O) groups excluding carboxylic acids is 2. The van der Waals surface area contributed by atoms with Crippen molar-refractivity contribution in [2.24, 2.45) is 7.05 Å². The van der Waals surface area contributed by atoms with Gasteiger partial charge in [0.05, 0.1) is 19.3 Å². The highest BCUT2D eigenvalue weighted by molar-refractivity contribution is 6.20. The van der Waals surface area contributed by atoms with E-state index in [1.54, 1.807) is 61.3 Å². The molecule has 0 fully saturated rings. The molecule has 0 N–H and O–H groups in total. The van der Waals surface area contributed by atoms with Gasteiger partial charge in [-0.25, -0.2) is 14.6 Å². The highest BCUT2D eigenvalue weighted by Crippen LogP contribution is 2.19. The van der Waals surface area contributed by atoms with Gasteiger partial charge in [-0.15, -0.1) is 0 Å². The van der Waals surface area contributed by atoms with Crippen LogP contribution in [0.3, 0.4) is 0 Å². The monoisotopic (exact) mass is 314 g/mol. The SMILES string of the molecule is CCOC(=O)C(=Cc1ccc(C(=O)OC)cc1)c1nccn1C. The maximum absolute atomic E-state index is 12.2. The van der Waals surface area contributed by atoms with Crippen LogP contribution >= 0.6 is 0 Å². The minimum Gasteiger partial charge on any atom is -0.465 e. The van der Waals surface area contributed by atoms with Crippen molar-refractivity contribution in [1.29, 1.82) is 0 Å². The Hall–Kier alpha value is -2.89. The average Bonchev–Trinajstić information content (AvgIpc) is 2.98. The maximum atomic E-state index is 12.2. The molecule has 0 spiro atoms. The number of benzene rings is 1. The van der Waals surface area contributed by atoms with Gasteiger partial charge in [-0.3, -0.25) is 0 Å². The molecular formula is C17H18N2O4. The zero-order valence-corrected chi connectivity index (χ0v) is 13.3. The van der Waals surface area contributed by atoms with Crippen LogP contribution in [-0.2, 0) is 21.3 Å². The molecule has 0 aliphatic rings. The van der Waals surface area contributed by atoms with Crippen LogP contribution in [0.1, 0.15) is 28.7 Å². The number of esters is 2. The predicted octanol–water partition coefficient (Wildman–Crippen LogP) is 2.31. The maximum Gasteiger partial charge on any atom is 0.341 e. The molecule has 0 saturated heterocycles. The predicted molar refractivity (Wildman–Crippen MR) is 85.5 cm³/mol. The van der Waals surface area contributed by atoms with Crippen LogP contribution in [0.25, 0.3) is 11.6 Å². The van der Waals surface area contributed by atoms with E-state index in [0.717, 1.165) is 5.56 Å². The van der Waals surface area contributed by atoms with E-state index < -0.39 is 11.9 Å². The standard InChI is InChI=1S/C17H18N2O4/c1-4-23-17(21)14(15-18-9-10-19(15)2)11-12-5-7-13(8-6-12)16(20)22-3/h5-11H,4H2,1-3H3. The first-order chi connectivity index (χ1) is 11.1. The van der Waals surface area contributed by atoms with Crippen molar-refractivity contribution in [1.82, 2.24) is 9.55 Å². The first kappa shape index (κ1) is 16.5. The van der Waals surface area contributed by atoms with Crippen LogP contribution in [0.4, 0.5) is 0 Å². The molecule has 0 aliphatic carbocycles. The van der Waals surface area contributed by atoms with E-state index in [-0.39, 0.29) is 6.61 Å². The number of imidazole rings is 1. The molecule has 1 aromatic heterocycles. The minimum absolute atomic E-state index is 0.280. The van der Waals surface area contributed by atoms with Crippen molar-refractivity contribution >= 4 is 23.6 Å². The van der Waals surface area contributed by atoms with Crippen LogP contribution in [0, 0.1) is 0 Å². The second-order valence-corrected chi connectivity index (χ2v) is 4.75. The molecule has 120 valence electrons. The number of aromatic nitrogens is 2. The third-order valence-corrected chi connectivity index (χ3v) is 3.20. The van der Waals surface area contributed by atoms with Crippen molar-refractivity contribution in [3.63, 3.8) is 0 Å². The molecule has 0 aliphatic heterocycles. The van der Waals surface area contributed by atoms with Gasteiger partial charge < -0.3 is 14.0 Å². The lowest BCUT2D eigenvalue weighted by molar-refractivity contribution is -0.136. The Morgan fingerprint density at radius 3 is 2.48 bits per heavy atom. The van der Waals surface area contributed by atoms with E-state index in [2.05, 4.69) is 9.72 Å². The topological polar surface area (TPSA) is 70.4 Å². The van der Waals surface area contributed by atoms with E-state index in [4.69, 9.17) is 4.74 Å². The molecule has 6 nitrogen and oxygen atoms in total. The molecule has 2 aromatic rings. The summed E-state index contributed by atoms with van der Waals surface area (Å²) in [5.74, 6) is -0.338. The zero-order valence-electron chi connectivity index (χ0n) is 13.3. The molecule has 1 aromatic carbocycles. The summed E-state index contributed by atoms with van der Waals surface area (Å²) in [5, 5.41) is 0. The number of methoxy groups -OCH3 is 1. The molecule has 23 heavy (non-hydrogen) atoms. The quantitative estimate of drug-likeness (QED) is 0.625. The summed E-state index contributed by atoms with van der Waals surface area (Å²) in [5.41, 5.74) is 1.55. The number of hydrogen-bond donors (Lipinski definition) is 0. The fourth-order valence-electron chi connectivity index (χ4n) is 2.05. The van der Waals surface area contributed by atoms with Crippen LogP contribution in [0.15, 0.2) is 36.7 Å². The fourth-order valence-corrected chi connectivity index (χ4v) is 2.05. The summed E-state index contributed by atoms with van der Waals surface area (Å²) in [6, 6.07) is 6.74. The van der Waals surface area contributed by atoms with Gasteiger partial charge in [0, 0.05) is 19.4 Å². The summed E-state index contributed by atoms with van der Waals surface area (Å²) in [6.45, 7) is 2.03. The van der Waals surface area contributed by atoms with Crippen LogP contribution < -0.4 is 0 Å². The molecular weight excluding hydrogens is 296 g/mol. The second-order valence-electron chi connectivity index (χ2n) is 4.75. The average molecular weight is 314 g/mol. The fraction of sp³-hybridized carbons (Fsp3) is 0.235. The molecule has 0 atom stereocenters. The molecule has 0 saturated carbocycles. The second kappa shape index (κ2) is 7.40. The van der Waals surface area contributed by atoms with Gasteiger partial charge in [-0.1, -0.05) is 12.1 Å². The summed E-state index contributed by atoms with van der Waals surface area (Å²) in [6.07, 6.45) is 5.05. The van der Waals surface area contributed by atoms with Crippen molar-refractivity contribution < 1.29 is 19.1 Å². The van der Waals surface area contributed by atoms with Crippen LogP contribution in [-0.4, -0.2) is 35.2 Å². The van der Waals surface area contributed by atoms with Gasteiger partial charge in [0.2, 0.25) is 0 Å². The largest absolute Gasteiger partial charge is 0.465 e. The molecule has 6 heteroatoms. The Kier molecular flexibility index (Phi) is 5.30. The Labute approximate surface area is 134 Å². The van der Waals surface area contributed by atoms with Crippen LogP contribution in [0.2, 0.25) is 0 Å². The molecule has 0 amide bonds. The van der Waals surface area contributed by atoms with Crippen molar-refractivity contribution in [2.45, 2.75) is 6.92 Å². The smallest absolute Gasteiger partial charge is 0.341 e. The lowest BCUT2D eigenvalue weighted by Gasteiger charge is -2.07. The van der Waals surface area contributed by atoms with E-state index >= 15 is 0 Å². The van der Waals surface area contributed by atoms with Gasteiger partial charge >= 0.3 is 11.9 Å². The van der Waals surface area contributed by atoms with Gasteiger partial charge in [0.15, 0.2) is 0 Å². The van der Waals surface area contributed by atoms with Crippen molar-refractivity contribution in [2.75, 3.05) is 13.7 Å². The normalized spacial score (nSPS) is 11.2. The first-order valence-electron chi connectivity index (χ1n) is 7.11. The zero-order chi connectivity index (χ0) is 16.8. The number of aryl methyl sites for hydroxylation is 1. The molecule has 0 radical (unpaired) electrons. The Balaban J connectivity index is 2.39. The van der Waals surface area contributed by atoms with Gasteiger partial charge in [0.1, 0.15) is 11.4 Å². The third-order valence-electron chi connectivity index (χ3n) is 3.20. The summed E-state index contributed by atoms with van der Waals surface area (Å²) in [7, 11) is 3.13. The molecule has 1 heterocycles. The van der Waals surface area contributed by atoms with E-state index in [0.29, 0.717) is 17.0 Å². The van der Waals surface area contributed by atoms with E-state index in [1.165, 1.54) is 7.11 Å². The van der Waals surface area contributed by atoms with Crippen molar-refractivity contribution in [3.8, 4) is 0 Å². The number of rotatable bonds is 5. The Morgan fingerprint density at radius 2 is 1.96 bits per heavy atom. The van der Waals surface area contributed by atoms with E-state index in [1.807, 2.05) is 0 Å². The Morgan fingerprint density at radius 1 is 1.26 bits per heavy atom. The van der Waals surface area contributed by atoms with Gasteiger partial charge in [0.25, 0.3) is 0 Å². The number of nitrogens with zero attached hydrogens (tertiary/aromatic N) is 2. The van der Waals surface area contributed by atoms with Gasteiger partial charge in [-0.2, -0.15) is 0 Å². The number of hydrogen-bond acceptors (Lipinski definition) is 5. The molecule has 2 rings (SSSR count). The first-order valence-corrected chi connectivity index (χ1v) is 7.11. The summed E-state index contributed by atoms with van der Waals surface area (Å²) in [4.78, 5) is 27.8. The highest BCUT2D eigenvalue weighted by atomic mass is 16.5. The van der Waals surface area contributed by atoms with E-state index in [9.17, 15) is 9.59 Å². The molecule has 0 bridgehead atoms. The van der Waals surface area contributed by atoms with Crippen molar-refractivity contribution in [3.05, 3.63) is 53.6 Å². The highest BCUT2D eigenvalue weighted by Gasteiger charge is 2.17.